The van der Waals surface area contributed by atoms with Crippen molar-refractivity contribution in [3.63, 3.8) is 0 Å². The Hall–Kier alpha value is -2.19. The zero-order valence-electron chi connectivity index (χ0n) is 20.3. The van der Waals surface area contributed by atoms with Gasteiger partial charge in [-0.1, -0.05) is 19.1 Å². The smallest absolute Gasteiger partial charge is 0.410 e. The lowest BCUT2D eigenvalue weighted by Crippen LogP contribution is -2.41. The molecule has 1 amide bonds. The van der Waals surface area contributed by atoms with Crippen molar-refractivity contribution in [2.75, 3.05) is 25.4 Å². The molecule has 0 spiro atoms. The average Bonchev–Trinajstić information content (AvgIpc) is 3.54. The van der Waals surface area contributed by atoms with Gasteiger partial charge in [0, 0.05) is 42.4 Å². The second kappa shape index (κ2) is 9.97. The zero-order chi connectivity index (χ0) is 24.4. The summed E-state index contributed by atoms with van der Waals surface area (Å²) in [5, 5.41) is 10.9. The lowest BCUT2D eigenvalue weighted by atomic mass is 10.0. The first-order valence-corrected chi connectivity index (χ1v) is 13.3. The number of carbonyl (C=O) groups is 1. The monoisotopic (exact) mass is 476 g/mol. The van der Waals surface area contributed by atoms with Gasteiger partial charge < -0.3 is 14.7 Å². The summed E-state index contributed by atoms with van der Waals surface area (Å²) in [5.74, 6) is -0.0324. The second-order valence-corrected chi connectivity index (χ2v) is 12.1. The first-order valence-electron chi connectivity index (χ1n) is 11.6. The molecule has 2 aromatic rings. The maximum atomic E-state index is 13.6. The van der Waals surface area contributed by atoms with Crippen LogP contribution in [0.25, 0.3) is 10.8 Å². The molecule has 1 fully saturated rings. The summed E-state index contributed by atoms with van der Waals surface area (Å²) in [7, 11) is -3.61. The van der Waals surface area contributed by atoms with E-state index in [9.17, 15) is 18.3 Å². The van der Waals surface area contributed by atoms with Gasteiger partial charge in [0.1, 0.15) is 5.60 Å². The Morgan fingerprint density at radius 3 is 2.61 bits per heavy atom. The van der Waals surface area contributed by atoms with E-state index >= 15 is 0 Å². The largest absolute Gasteiger partial charge is 0.444 e. The summed E-state index contributed by atoms with van der Waals surface area (Å²) >= 11 is 0. The number of fused-ring (bicyclic) bond motifs is 1. The number of sulfone groups is 1. The summed E-state index contributed by atoms with van der Waals surface area (Å²) < 4.78 is 32.6. The number of hydrogen-bond donors (Lipinski definition) is 1. The minimum Gasteiger partial charge on any atom is -0.444 e. The average molecular weight is 477 g/mol. The number of aliphatic hydroxyl groups is 1. The van der Waals surface area contributed by atoms with Gasteiger partial charge in [0.15, 0.2) is 9.84 Å². The van der Waals surface area contributed by atoms with Crippen LogP contribution in [0.4, 0.5) is 4.79 Å². The number of hydrogen-bond acceptors (Lipinski definition) is 6. The topological polar surface area (TPSA) is 96.8 Å². The van der Waals surface area contributed by atoms with Crippen LogP contribution in [0.5, 0.6) is 0 Å². The SMILES string of the molecule is Cc1ncc(C2CC2)c2c(S(=O)(=O)CC(C)CN(CCCO)C(=O)OC(C)(C)C)cccc12. The fourth-order valence-corrected chi connectivity index (χ4v) is 5.99. The van der Waals surface area contributed by atoms with Crippen LogP contribution < -0.4 is 0 Å². The van der Waals surface area contributed by atoms with E-state index in [1.165, 1.54) is 4.90 Å². The van der Waals surface area contributed by atoms with E-state index in [2.05, 4.69) is 4.98 Å². The number of benzene rings is 1. The quantitative estimate of drug-likeness (QED) is 0.574. The van der Waals surface area contributed by atoms with Gasteiger partial charge in [0.2, 0.25) is 0 Å². The molecule has 1 aromatic heterocycles. The lowest BCUT2D eigenvalue weighted by molar-refractivity contribution is 0.0219. The minimum atomic E-state index is -3.61. The van der Waals surface area contributed by atoms with Crippen molar-refractivity contribution in [3.05, 3.63) is 35.7 Å². The van der Waals surface area contributed by atoms with Crippen molar-refractivity contribution in [2.45, 2.75) is 70.3 Å². The first-order chi connectivity index (χ1) is 15.4. The number of aromatic nitrogens is 1. The third-order valence-electron chi connectivity index (χ3n) is 5.73. The van der Waals surface area contributed by atoms with Crippen LogP contribution in [0.15, 0.2) is 29.3 Å². The highest BCUT2D eigenvalue weighted by Gasteiger charge is 2.31. The van der Waals surface area contributed by atoms with Crippen molar-refractivity contribution < 1.29 is 23.1 Å². The van der Waals surface area contributed by atoms with Gasteiger partial charge in [-0.3, -0.25) is 4.98 Å². The molecule has 1 aliphatic rings. The number of rotatable bonds is 9. The van der Waals surface area contributed by atoms with Crippen molar-refractivity contribution >= 4 is 26.7 Å². The molecular weight excluding hydrogens is 440 g/mol. The predicted octanol–water partition coefficient (Wildman–Crippen LogP) is 4.45. The molecule has 3 rings (SSSR count). The summed E-state index contributed by atoms with van der Waals surface area (Å²) in [5.41, 5.74) is 1.18. The van der Waals surface area contributed by atoms with E-state index in [0.717, 1.165) is 34.9 Å². The van der Waals surface area contributed by atoms with Gasteiger partial charge in [0.25, 0.3) is 0 Å². The number of pyridine rings is 1. The predicted molar refractivity (Wildman–Crippen MR) is 129 cm³/mol. The first kappa shape index (κ1) is 25.4. The van der Waals surface area contributed by atoms with Gasteiger partial charge in [-0.25, -0.2) is 13.2 Å². The van der Waals surface area contributed by atoms with Crippen LogP contribution in [-0.4, -0.2) is 60.6 Å². The summed E-state index contributed by atoms with van der Waals surface area (Å²) in [6.07, 6.45) is 3.85. The number of amides is 1. The van der Waals surface area contributed by atoms with Gasteiger partial charge in [0.05, 0.1) is 10.6 Å². The van der Waals surface area contributed by atoms with Crippen molar-refractivity contribution in [3.8, 4) is 0 Å². The Balaban J connectivity index is 1.86. The molecule has 182 valence electrons. The molecule has 1 aliphatic carbocycles. The van der Waals surface area contributed by atoms with E-state index in [4.69, 9.17) is 4.74 Å². The van der Waals surface area contributed by atoms with Crippen LogP contribution in [-0.2, 0) is 14.6 Å². The molecule has 0 aliphatic heterocycles. The maximum Gasteiger partial charge on any atom is 0.410 e. The number of ether oxygens (including phenoxy) is 1. The Labute approximate surface area is 197 Å². The van der Waals surface area contributed by atoms with E-state index in [-0.39, 0.29) is 24.8 Å². The molecule has 7 nitrogen and oxygen atoms in total. The molecule has 0 bridgehead atoms. The molecule has 1 unspecified atom stereocenters. The second-order valence-electron chi connectivity index (χ2n) is 10.1. The number of carbonyl (C=O) groups excluding carboxylic acids is 1. The van der Waals surface area contributed by atoms with Crippen LogP contribution in [0.2, 0.25) is 0 Å². The van der Waals surface area contributed by atoms with E-state index < -0.39 is 21.5 Å². The van der Waals surface area contributed by atoms with E-state index in [1.807, 2.05) is 26.1 Å². The highest BCUT2D eigenvalue weighted by molar-refractivity contribution is 7.91. The Bertz CT molecular complexity index is 1100. The fourth-order valence-electron chi connectivity index (χ4n) is 4.13. The highest BCUT2D eigenvalue weighted by Crippen LogP contribution is 2.44. The molecule has 1 N–H and O–H groups in total. The molecule has 1 saturated carbocycles. The molecule has 1 heterocycles. The number of aliphatic hydroxyl groups excluding tert-OH is 1. The summed E-state index contributed by atoms with van der Waals surface area (Å²) in [4.78, 5) is 19.0. The van der Waals surface area contributed by atoms with E-state index in [0.29, 0.717) is 23.8 Å². The molecule has 33 heavy (non-hydrogen) atoms. The highest BCUT2D eigenvalue weighted by atomic mass is 32.2. The van der Waals surface area contributed by atoms with Crippen LogP contribution >= 0.6 is 0 Å². The molecule has 0 radical (unpaired) electrons. The molecule has 1 atom stereocenters. The molecule has 0 saturated heterocycles. The Morgan fingerprint density at radius 1 is 1.30 bits per heavy atom. The van der Waals surface area contributed by atoms with Crippen LogP contribution in [0.3, 0.4) is 0 Å². The molecule has 8 heteroatoms. The van der Waals surface area contributed by atoms with Crippen molar-refractivity contribution in [1.29, 1.82) is 0 Å². The minimum absolute atomic E-state index is 0.0562. The van der Waals surface area contributed by atoms with Gasteiger partial charge >= 0.3 is 6.09 Å². The third kappa shape index (κ3) is 6.44. The molecule has 1 aromatic carbocycles. The van der Waals surface area contributed by atoms with Gasteiger partial charge in [-0.15, -0.1) is 0 Å². The number of aryl methyl sites for hydroxylation is 1. The van der Waals surface area contributed by atoms with Gasteiger partial charge in [-0.05, 0) is 70.4 Å². The normalized spacial score (nSPS) is 15.5. The van der Waals surface area contributed by atoms with Crippen molar-refractivity contribution in [2.24, 2.45) is 5.92 Å². The van der Waals surface area contributed by atoms with Crippen LogP contribution in [0, 0.1) is 12.8 Å². The maximum absolute atomic E-state index is 13.6. The zero-order valence-corrected chi connectivity index (χ0v) is 21.1. The lowest BCUT2D eigenvalue weighted by Gasteiger charge is -2.29. The Kier molecular flexibility index (Phi) is 7.69. The third-order valence-corrected chi connectivity index (χ3v) is 7.75. The van der Waals surface area contributed by atoms with E-state index in [1.54, 1.807) is 32.9 Å². The Morgan fingerprint density at radius 2 is 2.00 bits per heavy atom. The molecular formula is C25H36N2O5S. The standard InChI is InChI=1S/C25H36N2O5S/c1-17(15-27(12-7-13-28)24(29)32-25(3,4)5)16-33(30,31)22-9-6-8-20-18(2)26-14-21(23(20)22)19-10-11-19/h6,8-9,14,17,19,28H,7,10-13,15-16H2,1-5H3. The fraction of sp³-hybridized carbons (Fsp3) is 0.600. The van der Waals surface area contributed by atoms with Gasteiger partial charge in [-0.2, -0.15) is 0 Å². The summed E-state index contributed by atoms with van der Waals surface area (Å²) in [6.45, 7) is 9.58. The van der Waals surface area contributed by atoms with Crippen LogP contribution in [0.1, 0.15) is 64.1 Å². The number of nitrogens with zero attached hydrogens (tertiary/aromatic N) is 2. The summed E-state index contributed by atoms with van der Waals surface area (Å²) in [6, 6.07) is 5.40. The van der Waals surface area contributed by atoms with Crippen molar-refractivity contribution in [1.82, 2.24) is 9.88 Å².